The number of methoxy groups -OCH3 is 2. The molecule has 1 aromatic carbocycles. The second kappa shape index (κ2) is 5.46. The van der Waals surface area contributed by atoms with Gasteiger partial charge in [-0.1, -0.05) is 0 Å². The molecule has 94 valence electrons. The van der Waals surface area contributed by atoms with Crippen molar-refractivity contribution < 1.29 is 9.47 Å². The summed E-state index contributed by atoms with van der Waals surface area (Å²) in [6, 6.07) is 7.31. The SMILES string of the molecule is COc1cc(OC)cc(-c2nccc(CN)n2)c1. The van der Waals surface area contributed by atoms with Gasteiger partial charge in [-0.3, -0.25) is 0 Å². The minimum atomic E-state index is 0.386. The maximum atomic E-state index is 5.57. The third kappa shape index (κ3) is 2.57. The van der Waals surface area contributed by atoms with Crippen LogP contribution in [0.25, 0.3) is 11.4 Å². The summed E-state index contributed by atoms with van der Waals surface area (Å²) in [5.41, 5.74) is 7.20. The van der Waals surface area contributed by atoms with Crippen LogP contribution in [0.1, 0.15) is 5.69 Å². The summed E-state index contributed by atoms with van der Waals surface area (Å²) in [7, 11) is 3.21. The Kier molecular flexibility index (Phi) is 3.74. The van der Waals surface area contributed by atoms with Gasteiger partial charge in [0.15, 0.2) is 5.82 Å². The minimum absolute atomic E-state index is 0.386. The van der Waals surface area contributed by atoms with Gasteiger partial charge in [0.2, 0.25) is 0 Å². The minimum Gasteiger partial charge on any atom is -0.497 e. The number of aromatic nitrogens is 2. The maximum absolute atomic E-state index is 5.57. The van der Waals surface area contributed by atoms with E-state index in [2.05, 4.69) is 9.97 Å². The molecule has 0 aliphatic carbocycles. The average molecular weight is 245 g/mol. The number of hydrogen-bond donors (Lipinski definition) is 1. The summed E-state index contributed by atoms with van der Waals surface area (Å²) in [4.78, 5) is 8.60. The van der Waals surface area contributed by atoms with Crippen molar-refractivity contribution >= 4 is 0 Å². The lowest BCUT2D eigenvalue weighted by Crippen LogP contribution is -2.01. The summed E-state index contributed by atoms with van der Waals surface area (Å²) < 4.78 is 10.4. The fourth-order valence-corrected chi connectivity index (χ4v) is 1.59. The highest BCUT2D eigenvalue weighted by Crippen LogP contribution is 2.27. The molecular weight excluding hydrogens is 230 g/mol. The van der Waals surface area contributed by atoms with Crippen molar-refractivity contribution in [1.29, 1.82) is 0 Å². The van der Waals surface area contributed by atoms with Crippen LogP contribution in [0.5, 0.6) is 11.5 Å². The van der Waals surface area contributed by atoms with E-state index in [0.717, 1.165) is 11.3 Å². The molecule has 0 radical (unpaired) electrons. The monoisotopic (exact) mass is 245 g/mol. The van der Waals surface area contributed by atoms with Crippen molar-refractivity contribution in [3.05, 3.63) is 36.2 Å². The summed E-state index contributed by atoms with van der Waals surface area (Å²) in [6.45, 7) is 0.386. The molecule has 18 heavy (non-hydrogen) atoms. The van der Waals surface area contributed by atoms with E-state index >= 15 is 0 Å². The van der Waals surface area contributed by atoms with E-state index < -0.39 is 0 Å². The van der Waals surface area contributed by atoms with Crippen molar-refractivity contribution in [3.63, 3.8) is 0 Å². The predicted octanol–water partition coefficient (Wildman–Crippen LogP) is 1.62. The number of benzene rings is 1. The largest absolute Gasteiger partial charge is 0.497 e. The molecule has 0 aliphatic rings. The molecular formula is C13H15N3O2. The van der Waals surface area contributed by atoms with Crippen LogP contribution in [-0.2, 0) is 6.54 Å². The Bertz CT molecular complexity index is 521. The Labute approximate surface area is 106 Å². The van der Waals surface area contributed by atoms with Gasteiger partial charge in [0.25, 0.3) is 0 Å². The predicted molar refractivity (Wildman–Crippen MR) is 68.5 cm³/mol. The zero-order valence-corrected chi connectivity index (χ0v) is 10.4. The van der Waals surface area contributed by atoms with E-state index in [1.54, 1.807) is 32.5 Å². The molecule has 0 bridgehead atoms. The highest BCUT2D eigenvalue weighted by Gasteiger charge is 2.07. The summed E-state index contributed by atoms with van der Waals surface area (Å²) >= 11 is 0. The van der Waals surface area contributed by atoms with Gasteiger partial charge in [-0.25, -0.2) is 9.97 Å². The molecule has 0 saturated heterocycles. The molecule has 0 unspecified atom stereocenters. The first kappa shape index (κ1) is 12.3. The van der Waals surface area contributed by atoms with Crippen LogP contribution >= 0.6 is 0 Å². The molecule has 0 spiro atoms. The zero-order valence-electron chi connectivity index (χ0n) is 10.4. The van der Waals surface area contributed by atoms with Crippen LogP contribution < -0.4 is 15.2 Å². The Morgan fingerprint density at radius 2 is 1.78 bits per heavy atom. The molecule has 2 N–H and O–H groups in total. The Hall–Kier alpha value is -2.14. The first-order valence-corrected chi connectivity index (χ1v) is 5.52. The Morgan fingerprint density at radius 3 is 2.33 bits per heavy atom. The van der Waals surface area contributed by atoms with Crippen LogP contribution in [0, 0.1) is 0 Å². The third-order valence-electron chi connectivity index (χ3n) is 2.53. The first-order valence-electron chi connectivity index (χ1n) is 5.52. The summed E-state index contributed by atoms with van der Waals surface area (Å²) in [5, 5.41) is 0. The molecule has 2 rings (SSSR count). The third-order valence-corrected chi connectivity index (χ3v) is 2.53. The molecule has 1 heterocycles. The standard InChI is InChI=1S/C13H15N3O2/c1-17-11-5-9(6-12(7-11)18-2)13-15-4-3-10(8-14)16-13/h3-7H,8,14H2,1-2H3. The van der Waals surface area contributed by atoms with Crippen LogP contribution in [0.15, 0.2) is 30.5 Å². The van der Waals surface area contributed by atoms with Gasteiger partial charge < -0.3 is 15.2 Å². The fraction of sp³-hybridized carbons (Fsp3) is 0.231. The number of nitrogens with two attached hydrogens (primary N) is 1. The smallest absolute Gasteiger partial charge is 0.159 e. The molecule has 5 nitrogen and oxygen atoms in total. The van der Waals surface area contributed by atoms with Crippen LogP contribution in [-0.4, -0.2) is 24.2 Å². The average Bonchev–Trinajstić information content (AvgIpc) is 2.46. The van der Waals surface area contributed by atoms with Gasteiger partial charge >= 0.3 is 0 Å². The van der Waals surface area contributed by atoms with E-state index in [1.165, 1.54) is 0 Å². The van der Waals surface area contributed by atoms with Gasteiger partial charge in [0, 0.05) is 24.4 Å². The lowest BCUT2D eigenvalue weighted by Gasteiger charge is -2.08. The van der Waals surface area contributed by atoms with Crippen LogP contribution in [0.3, 0.4) is 0 Å². The number of nitrogens with zero attached hydrogens (tertiary/aromatic N) is 2. The lowest BCUT2D eigenvalue weighted by atomic mass is 10.2. The molecule has 5 heteroatoms. The highest BCUT2D eigenvalue weighted by atomic mass is 16.5. The van der Waals surface area contributed by atoms with E-state index in [0.29, 0.717) is 23.9 Å². The van der Waals surface area contributed by atoms with Gasteiger partial charge in [-0.2, -0.15) is 0 Å². The molecule has 1 aromatic heterocycles. The van der Waals surface area contributed by atoms with Crippen molar-refractivity contribution in [2.75, 3.05) is 14.2 Å². The van der Waals surface area contributed by atoms with Crippen molar-refractivity contribution in [2.24, 2.45) is 5.73 Å². The summed E-state index contributed by atoms with van der Waals surface area (Å²) in [5.74, 6) is 2.01. The van der Waals surface area contributed by atoms with Crippen molar-refractivity contribution in [1.82, 2.24) is 9.97 Å². The fourth-order valence-electron chi connectivity index (χ4n) is 1.59. The quantitative estimate of drug-likeness (QED) is 0.886. The first-order chi connectivity index (χ1) is 8.76. The second-order valence-corrected chi connectivity index (χ2v) is 3.68. The molecule has 0 atom stereocenters. The van der Waals surface area contributed by atoms with Gasteiger partial charge in [-0.15, -0.1) is 0 Å². The summed E-state index contributed by atoms with van der Waals surface area (Å²) in [6.07, 6.45) is 1.69. The van der Waals surface area contributed by atoms with Gasteiger partial charge in [0.1, 0.15) is 11.5 Å². The van der Waals surface area contributed by atoms with E-state index in [1.807, 2.05) is 12.1 Å². The molecule has 2 aromatic rings. The Morgan fingerprint density at radius 1 is 1.11 bits per heavy atom. The van der Waals surface area contributed by atoms with Crippen molar-refractivity contribution in [3.8, 4) is 22.9 Å². The molecule has 0 amide bonds. The second-order valence-electron chi connectivity index (χ2n) is 3.68. The number of rotatable bonds is 4. The topological polar surface area (TPSA) is 70.3 Å². The number of ether oxygens (including phenoxy) is 2. The number of hydrogen-bond acceptors (Lipinski definition) is 5. The highest BCUT2D eigenvalue weighted by molar-refractivity contribution is 5.60. The Balaban J connectivity index is 2.48. The molecule has 0 fully saturated rings. The normalized spacial score (nSPS) is 10.2. The van der Waals surface area contributed by atoms with E-state index in [-0.39, 0.29) is 0 Å². The molecule has 0 aliphatic heterocycles. The van der Waals surface area contributed by atoms with Gasteiger partial charge in [-0.05, 0) is 18.2 Å². The van der Waals surface area contributed by atoms with E-state index in [4.69, 9.17) is 15.2 Å². The van der Waals surface area contributed by atoms with Crippen molar-refractivity contribution in [2.45, 2.75) is 6.54 Å². The van der Waals surface area contributed by atoms with Crippen LogP contribution in [0.4, 0.5) is 0 Å². The van der Waals surface area contributed by atoms with Gasteiger partial charge in [0.05, 0.1) is 19.9 Å². The van der Waals surface area contributed by atoms with E-state index in [9.17, 15) is 0 Å². The maximum Gasteiger partial charge on any atom is 0.159 e. The van der Waals surface area contributed by atoms with Crippen LogP contribution in [0.2, 0.25) is 0 Å². The lowest BCUT2D eigenvalue weighted by molar-refractivity contribution is 0.394. The molecule has 0 saturated carbocycles. The zero-order chi connectivity index (χ0) is 13.0.